The molecule has 1 N–H and O–H groups in total. The molecule has 2 amide bonds. The number of nitrogens with zero attached hydrogens (tertiary/aromatic N) is 2. The van der Waals surface area contributed by atoms with Crippen LogP contribution in [0, 0.1) is 0 Å². The van der Waals surface area contributed by atoms with E-state index in [4.69, 9.17) is 4.74 Å². The lowest BCUT2D eigenvalue weighted by Gasteiger charge is -2.24. The van der Waals surface area contributed by atoms with Crippen molar-refractivity contribution in [2.24, 2.45) is 0 Å². The molecule has 0 bridgehead atoms. The number of nitrogens with one attached hydrogen (secondary N) is 1. The van der Waals surface area contributed by atoms with Gasteiger partial charge in [-0.15, -0.1) is 0 Å². The third-order valence-electron chi connectivity index (χ3n) is 4.33. The van der Waals surface area contributed by atoms with Gasteiger partial charge in [0.25, 0.3) is 0 Å². The minimum atomic E-state index is -0.559. The lowest BCUT2D eigenvalue weighted by atomic mass is 10.1. The van der Waals surface area contributed by atoms with Crippen LogP contribution in [-0.4, -0.2) is 54.2 Å². The third-order valence-corrected chi connectivity index (χ3v) is 4.33. The number of esters is 1. The maximum Gasteiger partial charge on any atom is 0.334 e. The van der Waals surface area contributed by atoms with E-state index in [0.717, 1.165) is 24.9 Å². The van der Waals surface area contributed by atoms with Crippen LogP contribution in [0.2, 0.25) is 0 Å². The summed E-state index contributed by atoms with van der Waals surface area (Å²) < 4.78 is 4.87. The van der Waals surface area contributed by atoms with Gasteiger partial charge in [0.15, 0.2) is 0 Å². The highest BCUT2D eigenvalue weighted by molar-refractivity contribution is 5.79. The van der Waals surface area contributed by atoms with Gasteiger partial charge in [-0.1, -0.05) is 30.3 Å². The first-order valence-corrected chi connectivity index (χ1v) is 7.65. The molecule has 0 saturated carbocycles. The van der Waals surface area contributed by atoms with Gasteiger partial charge in [-0.2, -0.15) is 0 Å². The van der Waals surface area contributed by atoms with E-state index < -0.39 is 6.04 Å². The Balaban J connectivity index is 1.68. The summed E-state index contributed by atoms with van der Waals surface area (Å²) in [5.74, 6) is -0.358. The van der Waals surface area contributed by atoms with Gasteiger partial charge >= 0.3 is 12.0 Å². The molecule has 2 aliphatic heterocycles. The van der Waals surface area contributed by atoms with Crippen LogP contribution < -0.4 is 5.43 Å². The Bertz CT molecular complexity index is 549. The Morgan fingerprint density at radius 3 is 2.86 bits per heavy atom. The molecule has 22 heavy (non-hydrogen) atoms. The number of fused-ring (bicyclic) bond motifs is 1. The molecule has 2 fully saturated rings. The van der Waals surface area contributed by atoms with Gasteiger partial charge in [-0.25, -0.2) is 10.2 Å². The molecule has 0 aliphatic carbocycles. The summed E-state index contributed by atoms with van der Waals surface area (Å²) in [5, 5.41) is 1.56. The van der Waals surface area contributed by atoms with E-state index in [9.17, 15) is 9.59 Å². The van der Waals surface area contributed by atoms with Gasteiger partial charge in [0.1, 0.15) is 6.04 Å². The Hall–Kier alpha value is -2.08. The second kappa shape index (κ2) is 6.36. The van der Waals surface area contributed by atoms with Gasteiger partial charge in [0, 0.05) is 13.0 Å². The zero-order valence-corrected chi connectivity index (χ0v) is 12.7. The highest BCUT2D eigenvalue weighted by atomic mass is 16.5. The molecule has 2 aliphatic rings. The minimum absolute atomic E-state index is 0.0375. The van der Waals surface area contributed by atoms with E-state index >= 15 is 0 Å². The molecule has 1 aromatic rings. The Morgan fingerprint density at radius 2 is 2.18 bits per heavy atom. The smallest absolute Gasteiger partial charge is 0.334 e. The van der Waals surface area contributed by atoms with Crippen molar-refractivity contribution >= 4 is 12.0 Å². The fourth-order valence-corrected chi connectivity index (χ4v) is 3.19. The maximum atomic E-state index is 12.3. The summed E-state index contributed by atoms with van der Waals surface area (Å²) in [7, 11) is 1.37. The predicted molar refractivity (Wildman–Crippen MR) is 80.9 cm³/mol. The van der Waals surface area contributed by atoms with Crippen LogP contribution in [0.25, 0.3) is 0 Å². The summed E-state index contributed by atoms with van der Waals surface area (Å²) >= 11 is 0. The van der Waals surface area contributed by atoms with Gasteiger partial charge in [0.05, 0.1) is 19.7 Å². The SMILES string of the molecule is COC(=O)[C@H](Cc1ccccc1)NN1C[C@@H]2CCCN2C1=O. The lowest BCUT2D eigenvalue weighted by Crippen LogP contribution is -2.51. The number of rotatable bonds is 5. The van der Waals surface area contributed by atoms with Gasteiger partial charge in [-0.3, -0.25) is 9.80 Å². The quantitative estimate of drug-likeness (QED) is 0.830. The summed E-state index contributed by atoms with van der Waals surface area (Å²) in [6.07, 6.45) is 2.59. The number of hydrogen-bond acceptors (Lipinski definition) is 4. The zero-order chi connectivity index (χ0) is 15.5. The van der Waals surface area contributed by atoms with Crippen LogP contribution in [0.5, 0.6) is 0 Å². The average Bonchev–Trinajstić information content (AvgIpc) is 3.11. The standard InChI is InChI=1S/C16H21N3O3/c1-22-15(20)14(10-12-6-3-2-4-7-12)17-19-11-13-8-5-9-18(13)16(19)21/h2-4,6-7,13-14,17H,5,8-11H2,1H3/t13-,14-/m0/s1. The minimum Gasteiger partial charge on any atom is -0.468 e. The highest BCUT2D eigenvalue weighted by Crippen LogP contribution is 2.25. The Morgan fingerprint density at radius 1 is 1.41 bits per heavy atom. The topological polar surface area (TPSA) is 61.9 Å². The fraction of sp³-hybridized carbons (Fsp3) is 0.500. The summed E-state index contributed by atoms with van der Waals surface area (Å²) in [5.41, 5.74) is 4.09. The monoisotopic (exact) mass is 303 g/mol. The van der Waals surface area contributed by atoms with Gasteiger partial charge in [0.2, 0.25) is 0 Å². The lowest BCUT2D eigenvalue weighted by molar-refractivity contribution is -0.144. The van der Waals surface area contributed by atoms with E-state index in [0.29, 0.717) is 13.0 Å². The van der Waals surface area contributed by atoms with E-state index in [1.165, 1.54) is 7.11 Å². The molecule has 2 saturated heterocycles. The summed E-state index contributed by atoms with van der Waals surface area (Å²) in [6, 6.07) is 9.39. The first kappa shape index (κ1) is 14.8. The molecule has 0 unspecified atom stereocenters. The number of carbonyl (C=O) groups is 2. The normalized spacial score (nSPS) is 21.9. The molecule has 2 atom stereocenters. The van der Waals surface area contributed by atoms with Crippen molar-refractivity contribution in [1.29, 1.82) is 0 Å². The zero-order valence-electron chi connectivity index (χ0n) is 12.7. The fourth-order valence-electron chi connectivity index (χ4n) is 3.19. The Kier molecular flexibility index (Phi) is 4.29. The average molecular weight is 303 g/mol. The molecular weight excluding hydrogens is 282 g/mol. The molecule has 0 spiro atoms. The van der Waals surface area contributed by atoms with Crippen LogP contribution in [0.15, 0.2) is 30.3 Å². The first-order valence-electron chi connectivity index (χ1n) is 7.65. The number of ether oxygens (including phenoxy) is 1. The number of hydrogen-bond donors (Lipinski definition) is 1. The Labute approximate surface area is 130 Å². The van der Waals surface area contributed by atoms with Gasteiger partial charge < -0.3 is 9.64 Å². The first-order chi connectivity index (χ1) is 10.7. The number of benzene rings is 1. The van der Waals surface area contributed by atoms with Crippen molar-refractivity contribution in [3.8, 4) is 0 Å². The number of urea groups is 1. The van der Waals surface area contributed by atoms with E-state index in [2.05, 4.69) is 5.43 Å². The van der Waals surface area contributed by atoms with Crippen LogP contribution in [0.1, 0.15) is 18.4 Å². The summed E-state index contributed by atoms with van der Waals surface area (Å²) in [4.78, 5) is 26.2. The van der Waals surface area contributed by atoms with Crippen molar-refractivity contribution in [2.75, 3.05) is 20.2 Å². The van der Waals surface area contributed by atoms with Crippen LogP contribution >= 0.6 is 0 Å². The van der Waals surface area contributed by atoms with Crippen molar-refractivity contribution in [2.45, 2.75) is 31.3 Å². The van der Waals surface area contributed by atoms with Crippen molar-refractivity contribution in [3.05, 3.63) is 35.9 Å². The van der Waals surface area contributed by atoms with Crippen molar-refractivity contribution in [3.63, 3.8) is 0 Å². The van der Waals surface area contributed by atoms with Crippen molar-refractivity contribution < 1.29 is 14.3 Å². The second-order valence-electron chi connectivity index (χ2n) is 5.78. The number of hydrazine groups is 1. The highest BCUT2D eigenvalue weighted by Gasteiger charge is 2.41. The molecule has 0 aromatic heterocycles. The van der Waals surface area contributed by atoms with E-state index in [-0.39, 0.29) is 18.0 Å². The van der Waals surface area contributed by atoms with Crippen LogP contribution in [0.4, 0.5) is 4.79 Å². The molecule has 0 radical (unpaired) electrons. The molecule has 2 heterocycles. The molecular formula is C16H21N3O3. The molecule has 6 heteroatoms. The molecule has 6 nitrogen and oxygen atoms in total. The maximum absolute atomic E-state index is 12.3. The van der Waals surface area contributed by atoms with E-state index in [1.807, 2.05) is 35.2 Å². The second-order valence-corrected chi connectivity index (χ2v) is 5.78. The van der Waals surface area contributed by atoms with Crippen molar-refractivity contribution in [1.82, 2.24) is 15.3 Å². The largest absolute Gasteiger partial charge is 0.468 e. The van der Waals surface area contributed by atoms with E-state index in [1.54, 1.807) is 5.01 Å². The summed E-state index contributed by atoms with van der Waals surface area (Å²) in [6.45, 7) is 1.43. The predicted octanol–water partition coefficient (Wildman–Crippen LogP) is 1.18. The number of methoxy groups -OCH3 is 1. The molecule has 118 valence electrons. The number of amides is 2. The molecule has 3 rings (SSSR count). The number of carbonyl (C=O) groups excluding carboxylic acids is 2. The molecule has 1 aromatic carbocycles. The van der Waals surface area contributed by atoms with Gasteiger partial charge in [-0.05, 0) is 18.4 Å². The van der Waals surface area contributed by atoms with Crippen LogP contribution in [0.3, 0.4) is 0 Å². The van der Waals surface area contributed by atoms with Crippen LogP contribution in [-0.2, 0) is 16.0 Å². The third kappa shape index (κ3) is 2.92.